The zero-order chi connectivity index (χ0) is 24.1. The maximum atomic E-state index is 11.8. The Hall–Kier alpha value is -3.15. The smallest absolute Gasteiger partial charge is 0.296 e. The van der Waals surface area contributed by atoms with Gasteiger partial charge in [-0.2, -0.15) is 25.3 Å². The van der Waals surface area contributed by atoms with Gasteiger partial charge < -0.3 is 10.8 Å². The number of fused-ring (bicyclic) bond motifs is 1. The van der Waals surface area contributed by atoms with Crippen molar-refractivity contribution in [3.8, 4) is 5.75 Å². The molecule has 3 rings (SSSR count). The number of hydrogen-bond acceptors (Lipinski definition) is 10. The Morgan fingerprint density at radius 1 is 0.719 bits per heavy atom. The van der Waals surface area contributed by atoms with Gasteiger partial charge in [-0.3, -0.25) is 13.7 Å². The Bertz CT molecular complexity index is 1610. The van der Waals surface area contributed by atoms with Crippen LogP contribution in [0.5, 0.6) is 5.75 Å². The normalized spacial score (nSPS) is 13.1. The van der Waals surface area contributed by atoms with Crippen molar-refractivity contribution in [2.75, 3.05) is 5.73 Å². The highest BCUT2D eigenvalue weighted by atomic mass is 32.2. The van der Waals surface area contributed by atoms with Crippen molar-refractivity contribution in [3.05, 3.63) is 42.5 Å². The van der Waals surface area contributed by atoms with Crippen LogP contribution < -0.4 is 5.73 Å². The molecule has 0 saturated carbocycles. The molecule has 0 unspecified atom stereocenters. The van der Waals surface area contributed by atoms with Crippen LogP contribution in [-0.2, 0) is 30.4 Å². The summed E-state index contributed by atoms with van der Waals surface area (Å²) in [5.41, 5.74) is 4.01. The molecule has 0 aliphatic rings. The van der Waals surface area contributed by atoms with Crippen LogP contribution in [0, 0.1) is 0 Å². The number of nitrogens with two attached hydrogens (primary N) is 1. The van der Waals surface area contributed by atoms with Crippen LogP contribution in [0.25, 0.3) is 10.8 Å². The molecule has 16 heteroatoms. The van der Waals surface area contributed by atoms with Crippen molar-refractivity contribution in [1.29, 1.82) is 0 Å². The number of phenols is 1. The van der Waals surface area contributed by atoms with E-state index in [9.17, 15) is 44.0 Å². The fourth-order valence-corrected chi connectivity index (χ4v) is 4.79. The van der Waals surface area contributed by atoms with Crippen LogP contribution in [0.15, 0.2) is 67.4 Å². The lowest BCUT2D eigenvalue weighted by molar-refractivity contribution is 0.469. The third kappa shape index (κ3) is 4.54. The molecular weight excluding hydrogens is 490 g/mol. The van der Waals surface area contributed by atoms with E-state index in [1.807, 2.05) is 0 Å². The predicted molar refractivity (Wildman–Crippen MR) is 110 cm³/mol. The fourth-order valence-electron chi connectivity index (χ4n) is 2.81. The van der Waals surface area contributed by atoms with Crippen molar-refractivity contribution in [2.45, 2.75) is 14.7 Å². The number of aromatic hydroxyl groups is 1. The number of rotatable bonds is 5. The lowest BCUT2D eigenvalue weighted by Gasteiger charge is -2.11. The van der Waals surface area contributed by atoms with E-state index in [4.69, 9.17) is 5.73 Å². The highest BCUT2D eigenvalue weighted by molar-refractivity contribution is 7.86. The van der Waals surface area contributed by atoms with E-state index in [0.717, 1.165) is 36.4 Å². The number of hydrogen-bond donors (Lipinski definition) is 5. The third-order valence-electron chi connectivity index (χ3n) is 4.11. The van der Waals surface area contributed by atoms with Crippen LogP contribution in [0.2, 0.25) is 0 Å². The molecule has 6 N–H and O–H groups in total. The molecule has 0 aromatic heterocycles. The van der Waals surface area contributed by atoms with Crippen molar-refractivity contribution >= 4 is 58.2 Å². The lowest BCUT2D eigenvalue weighted by Crippen LogP contribution is -2.02. The summed E-state index contributed by atoms with van der Waals surface area (Å²) < 4.78 is 98.4. The summed E-state index contributed by atoms with van der Waals surface area (Å²) in [6.45, 7) is 0. The molecule has 0 atom stereocenters. The summed E-state index contributed by atoms with van der Waals surface area (Å²) >= 11 is 0. The van der Waals surface area contributed by atoms with Gasteiger partial charge >= 0.3 is 0 Å². The molecular formula is C16H13N3O10S3. The molecule has 0 radical (unpaired) electrons. The lowest BCUT2D eigenvalue weighted by atomic mass is 10.1. The molecule has 3 aromatic carbocycles. The van der Waals surface area contributed by atoms with Crippen LogP contribution in [-0.4, -0.2) is 44.0 Å². The first-order valence-electron chi connectivity index (χ1n) is 8.13. The summed E-state index contributed by atoms with van der Waals surface area (Å²) in [5.74, 6) is -1.11. The highest BCUT2D eigenvalue weighted by Crippen LogP contribution is 2.44. The quantitative estimate of drug-likeness (QED) is 0.192. The maximum Gasteiger partial charge on any atom is 0.296 e. The third-order valence-corrected chi connectivity index (χ3v) is 6.78. The molecule has 0 spiro atoms. The molecule has 32 heavy (non-hydrogen) atoms. The zero-order valence-electron chi connectivity index (χ0n) is 15.5. The van der Waals surface area contributed by atoms with Gasteiger partial charge in [0.15, 0.2) is 5.75 Å². The molecule has 0 heterocycles. The summed E-state index contributed by atoms with van der Waals surface area (Å²) in [4.78, 5) is -2.56. The molecule has 0 aliphatic carbocycles. The van der Waals surface area contributed by atoms with Gasteiger partial charge in [0.1, 0.15) is 26.1 Å². The standard InChI is InChI=1S/C16H13N3O10S3/c17-9-4-5-11(30(21,22)23)10(7-9)18-19-15-13(32(27,28)29)6-8-2-1-3-12(31(24,25)26)14(8)16(15)20/h1-7,20H,17H2,(H,21,22,23)(H,24,25,26)(H,27,28,29). The number of azo groups is 1. The van der Waals surface area contributed by atoms with Gasteiger partial charge in [0, 0.05) is 11.1 Å². The second-order valence-corrected chi connectivity index (χ2v) is 10.4. The van der Waals surface area contributed by atoms with Gasteiger partial charge in [0.05, 0.1) is 0 Å². The van der Waals surface area contributed by atoms with E-state index in [2.05, 4.69) is 10.2 Å². The number of nitrogens with zero attached hydrogens (tertiary/aromatic N) is 2. The minimum absolute atomic E-state index is 0.0160. The number of anilines is 1. The molecule has 0 amide bonds. The molecule has 0 aliphatic heterocycles. The number of nitrogen functional groups attached to an aromatic ring is 1. The van der Waals surface area contributed by atoms with Gasteiger partial charge in [-0.25, -0.2) is 0 Å². The highest BCUT2D eigenvalue weighted by Gasteiger charge is 2.26. The van der Waals surface area contributed by atoms with Crippen LogP contribution >= 0.6 is 0 Å². The van der Waals surface area contributed by atoms with Gasteiger partial charge in [-0.15, -0.1) is 10.2 Å². The summed E-state index contributed by atoms with van der Waals surface area (Å²) in [5, 5.41) is 16.8. The van der Waals surface area contributed by atoms with Crippen molar-refractivity contribution in [3.63, 3.8) is 0 Å². The predicted octanol–water partition coefficient (Wildman–Crippen LogP) is 2.28. The molecule has 170 valence electrons. The second-order valence-electron chi connectivity index (χ2n) is 6.28. The fraction of sp³-hybridized carbons (Fsp3) is 0. The Labute approximate surface area is 181 Å². The monoisotopic (exact) mass is 503 g/mol. The van der Waals surface area contributed by atoms with E-state index in [1.54, 1.807) is 0 Å². The van der Waals surface area contributed by atoms with Crippen LogP contribution in [0.4, 0.5) is 17.1 Å². The maximum absolute atomic E-state index is 11.8. The van der Waals surface area contributed by atoms with Crippen molar-refractivity contribution in [1.82, 2.24) is 0 Å². The summed E-state index contributed by atoms with van der Waals surface area (Å²) in [6.07, 6.45) is 0. The topological polar surface area (TPSA) is 234 Å². The number of phenolic OH excluding ortho intramolecular Hbond substituents is 1. The first-order valence-corrected chi connectivity index (χ1v) is 12.4. The zero-order valence-corrected chi connectivity index (χ0v) is 17.9. The minimum Gasteiger partial charge on any atom is -0.505 e. The van der Waals surface area contributed by atoms with Gasteiger partial charge in [-0.05, 0) is 35.7 Å². The van der Waals surface area contributed by atoms with E-state index >= 15 is 0 Å². The second kappa shape index (κ2) is 7.76. The Morgan fingerprint density at radius 2 is 1.31 bits per heavy atom. The van der Waals surface area contributed by atoms with E-state index < -0.39 is 67.6 Å². The van der Waals surface area contributed by atoms with E-state index in [1.165, 1.54) is 6.07 Å². The Balaban J connectivity index is 2.41. The molecule has 13 nitrogen and oxygen atoms in total. The van der Waals surface area contributed by atoms with Gasteiger partial charge in [-0.1, -0.05) is 12.1 Å². The first kappa shape index (κ1) is 23.5. The van der Waals surface area contributed by atoms with Crippen LogP contribution in [0.1, 0.15) is 0 Å². The minimum atomic E-state index is -5.06. The molecule has 0 saturated heterocycles. The van der Waals surface area contributed by atoms with Crippen molar-refractivity contribution in [2.24, 2.45) is 10.2 Å². The van der Waals surface area contributed by atoms with Crippen molar-refractivity contribution < 1.29 is 44.0 Å². The number of benzene rings is 3. The summed E-state index contributed by atoms with van der Waals surface area (Å²) in [7, 11) is -14.8. The average Bonchev–Trinajstić information content (AvgIpc) is 2.64. The first-order chi connectivity index (χ1) is 14.6. The van der Waals surface area contributed by atoms with Crippen LogP contribution in [0.3, 0.4) is 0 Å². The van der Waals surface area contributed by atoms with E-state index in [0.29, 0.717) is 0 Å². The van der Waals surface area contributed by atoms with E-state index in [-0.39, 0.29) is 11.1 Å². The van der Waals surface area contributed by atoms with Gasteiger partial charge in [0.25, 0.3) is 30.4 Å². The molecule has 0 fully saturated rings. The Kier molecular flexibility index (Phi) is 5.71. The molecule has 0 bridgehead atoms. The Morgan fingerprint density at radius 3 is 1.88 bits per heavy atom. The van der Waals surface area contributed by atoms with Gasteiger partial charge in [0.2, 0.25) is 0 Å². The molecule has 3 aromatic rings. The SMILES string of the molecule is Nc1ccc(S(=O)(=O)O)c(N=Nc2c(S(=O)(=O)O)cc3cccc(S(=O)(=O)O)c3c2O)c1. The summed E-state index contributed by atoms with van der Waals surface area (Å²) in [6, 6.07) is 6.98. The largest absolute Gasteiger partial charge is 0.505 e. The average molecular weight is 503 g/mol.